The van der Waals surface area contributed by atoms with Gasteiger partial charge >= 0.3 is 0 Å². The van der Waals surface area contributed by atoms with E-state index in [4.69, 9.17) is 4.74 Å². The summed E-state index contributed by atoms with van der Waals surface area (Å²) < 4.78 is 6.02. The van der Waals surface area contributed by atoms with Gasteiger partial charge in [0.1, 0.15) is 11.9 Å². The van der Waals surface area contributed by atoms with Crippen molar-refractivity contribution in [2.45, 2.75) is 32.3 Å². The summed E-state index contributed by atoms with van der Waals surface area (Å²) in [5, 5.41) is 4.33. The Labute approximate surface area is 91.6 Å². The van der Waals surface area contributed by atoms with E-state index in [0.717, 1.165) is 38.1 Å². The molecule has 1 aromatic carbocycles. The Kier molecular flexibility index (Phi) is 3.62. The molecule has 2 heteroatoms. The molecule has 81 valence electrons. The summed E-state index contributed by atoms with van der Waals surface area (Å²) in [6.45, 7) is 4.08. The van der Waals surface area contributed by atoms with Crippen LogP contribution in [0, 0.1) is 0 Å². The maximum atomic E-state index is 6.02. The smallest absolute Gasteiger partial charge is 0.122 e. The van der Waals surface area contributed by atoms with Crippen molar-refractivity contribution in [1.29, 1.82) is 0 Å². The van der Waals surface area contributed by atoms with Crippen molar-refractivity contribution in [2.75, 3.05) is 13.1 Å². The highest BCUT2D eigenvalue weighted by Gasteiger charge is 2.15. The molecular formula is C13H18NO. The van der Waals surface area contributed by atoms with E-state index in [1.165, 1.54) is 5.56 Å². The first-order valence-corrected chi connectivity index (χ1v) is 5.78. The van der Waals surface area contributed by atoms with Gasteiger partial charge in [0.05, 0.1) is 0 Å². The molecule has 1 aromatic rings. The normalized spacial score (nSPS) is 17.7. The fourth-order valence-corrected chi connectivity index (χ4v) is 1.93. The molecule has 0 bridgehead atoms. The standard InChI is InChI=1S/C13H18NO/c1-2-11-5-3-4-6-13(11)15-12-7-9-14-10-8-12/h3-6,12H,2,7-10H2,1H3. The minimum Gasteiger partial charge on any atom is -0.490 e. The summed E-state index contributed by atoms with van der Waals surface area (Å²) in [7, 11) is 0. The Hall–Kier alpha value is -1.02. The molecule has 0 aromatic heterocycles. The van der Waals surface area contributed by atoms with Crippen molar-refractivity contribution in [3.63, 3.8) is 0 Å². The molecule has 1 aliphatic rings. The van der Waals surface area contributed by atoms with Crippen LogP contribution in [-0.4, -0.2) is 19.2 Å². The number of para-hydroxylation sites is 1. The maximum Gasteiger partial charge on any atom is 0.122 e. The summed E-state index contributed by atoms with van der Waals surface area (Å²) in [5.41, 5.74) is 1.31. The number of aryl methyl sites for hydroxylation is 1. The second kappa shape index (κ2) is 5.17. The summed E-state index contributed by atoms with van der Waals surface area (Å²) >= 11 is 0. The van der Waals surface area contributed by atoms with Gasteiger partial charge in [-0.05, 0) is 30.9 Å². The van der Waals surface area contributed by atoms with Crippen molar-refractivity contribution in [1.82, 2.24) is 5.32 Å². The number of ether oxygens (including phenoxy) is 1. The molecule has 0 spiro atoms. The van der Waals surface area contributed by atoms with Crippen molar-refractivity contribution in [2.24, 2.45) is 0 Å². The van der Waals surface area contributed by atoms with Gasteiger partial charge in [-0.2, -0.15) is 0 Å². The highest BCUT2D eigenvalue weighted by molar-refractivity contribution is 5.33. The third kappa shape index (κ3) is 2.72. The van der Waals surface area contributed by atoms with Crippen LogP contribution in [-0.2, 0) is 6.42 Å². The molecule has 0 aliphatic carbocycles. The van der Waals surface area contributed by atoms with Gasteiger partial charge in [0, 0.05) is 13.1 Å². The third-order valence-electron chi connectivity index (χ3n) is 2.87. The number of hydrogen-bond acceptors (Lipinski definition) is 1. The highest BCUT2D eigenvalue weighted by Crippen LogP contribution is 2.22. The summed E-state index contributed by atoms with van der Waals surface area (Å²) in [6, 6.07) is 8.33. The van der Waals surface area contributed by atoms with E-state index in [1.807, 2.05) is 6.07 Å². The monoisotopic (exact) mass is 204 g/mol. The van der Waals surface area contributed by atoms with Crippen LogP contribution in [0.25, 0.3) is 0 Å². The van der Waals surface area contributed by atoms with Crippen LogP contribution in [0.3, 0.4) is 0 Å². The summed E-state index contributed by atoms with van der Waals surface area (Å²) in [6.07, 6.45) is 3.54. The van der Waals surface area contributed by atoms with Crippen molar-refractivity contribution < 1.29 is 4.74 Å². The molecule has 1 heterocycles. The average molecular weight is 204 g/mol. The van der Waals surface area contributed by atoms with Gasteiger partial charge in [0.25, 0.3) is 0 Å². The quantitative estimate of drug-likeness (QED) is 0.741. The summed E-state index contributed by atoms with van der Waals surface area (Å²) in [4.78, 5) is 0. The first kappa shape index (κ1) is 10.5. The van der Waals surface area contributed by atoms with Gasteiger partial charge in [-0.1, -0.05) is 25.1 Å². The van der Waals surface area contributed by atoms with Gasteiger partial charge in [0.2, 0.25) is 0 Å². The SMILES string of the molecule is CCc1ccccc1OC1CC[N]CC1. The van der Waals surface area contributed by atoms with Crippen LogP contribution in [0.5, 0.6) is 5.75 Å². The average Bonchev–Trinajstić information content (AvgIpc) is 2.31. The van der Waals surface area contributed by atoms with E-state index in [2.05, 4.69) is 30.4 Å². The van der Waals surface area contributed by atoms with Crippen molar-refractivity contribution >= 4 is 0 Å². The fourth-order valence-electron chi connectivity index (χ4n) is 1.93. The van der Waals surface area contributed by atoms with Gasteiger partial charge in [-0.15, -0.1) is 0 Å². The Balaban J connectivity index is 2.02. The van der Waals surface area contributed by atoms with Gasteiger partial charge in [0.15, 0.2) is 0 Å². The van der Waals surface area contributed by atoms with Crippen LogP contribution >= 0.6 is 0 Å². The van der Waals surface area contributed by atoms with Crippen LogP contribution in [0.2, 0.25) is 0 Å². The lowest BCUT2D eigenvalue weighted by atomic mass is 10.1. The van der Waals surface area contributed by atoms with Crippen molar-refractivity contribution in [3.8, 4) is 5.75 Å². The van der Waals surface area contributed by atoms with Crippen LogP contribution < -0.4 is 10.1 Å². The molecular weight excluding hydrogens is 186 g/mol. The molecule has 2 nitrogen and oxygen atoms in total. The maximum absolute atomic E-state index is 6.02. The topological polar surface area (TPSA) is 23.3 Å². The van der Waals surface area contributed by atoms with E-state index in [9.17, 15) is 0 Å². The number of rotatable bonds is 3. The number of hydrogen-bond donors (Lipinski definition) is 0. The highest BCUT2D eigenvalue weighted by atomic mass is 16.5. The second-order valence-corrected chi connectivity index (χ2v) is 3.95. The largest absolute Gasteiger partial charge is 0.490 e. The number of piperidine rings is 1. The minimum atomic E-state index is 0.371. The van der Waals surface area contributed by atoms with E-state index in [1.54, 1.807) is 0 Å². The van der Waals surface area contributed by atoms with E-state index in [0.29, 0.717) is 6.10 Å². The fraction of sp³-hybridized carbons (Fsp3) is 0.538. The van der Waals surface area contributed by atoms with Gasteiger partial charge in [-0.25, -0.2) is 5.32 Å². The molecule has 1 fully saturated rings. The Bertz CT molecular complexity index is 305. The van der Waals surface area contributed by atoms with Crippen molar-refractivity contribution in [3.05, 3.63) is 29.8 Å². The first-order valence-electron chi connectivity index (χ1n) is 5.78. The Morgan fingerprint density at radius 3 is 2.73 bits per heavy atom. The molecule has 0 amide bonds. The van der Waals surface area contributed by atoms with Gasteiger partial charge < -0.3 is 4.74 Å². The van der Waals surface area contributed by atoms with Crippen LogP contribution in [0.4, 0.5) is 0 Å². The lowest BCUT2D eigenvalue weighted by Crippen LogP contribution is -2.30. The third-order valence-corrected chi connectivity index (χ3v) is 2.87. The molecule has 0 atom stereocenters. The number of benzene rings is 1. The second-order valence-electron chi connectivity index (χ2n) is 3.95. The molecule has 0 N–H and O–H groups in total. The Morgan fingerprint density at radius 2 is 2.00 bits per heavy atom. The molecule has 1 radical (unpaired) electrons. The molecule has 2 rings (SSSR count). The molecule has 0 saturated carbocycles. The van der Waals surface area contributed by atoms with Gasteiger partial charge in [-0.3, -0.25) is 0 Å². The molecule has 15 heavy (non-hydrogen) atoms. The predicted octanol–water partition coefficient (Wildman–Crippen LogP) is 2.39. The lowest BCUT2D eigenvalue weighted by Gasteiger charge is -2.24. The van der Waals surface area contributed by atoms with E-state index < -0.39 is 0 Å². The zero-order chi connectivity index (χ0) is 10.5. The first-order chi connectivity index (χ1) is 7.40. The summed E-state index contributed by atoms with van der Waals surface area (Å²) in [5.74, 6) is 1.06. The molecule has 0 unspecified atom stereocenters. The lowest BCUT2D eigenvalue weighted by molar-refractivity contribution is 0.160. The van der Waals surface area contributed by atoms with E-state index in [-0.39, 0.29) is 0 Å². The van der Waals surface area contributed by atoms with E-state index >= 15 is 0 Å². The van der Waals surface area contributed by atoms with Crippen LogP contribution in [0.1, 0.15) is 25.3 Å². The van der Waals surface area contributed by atoms with Crippen LogP contribution in [0.15, 0.2) is 24.3 Å². The Morgan fingerprint density at radius 1 is 1.27 bits per heavy atom. The molecule has 1 saturated heterocycles. The minimum absolute atomic E-state index is 0.371. The number of nitrogens with zero attached hydrogens (tertiary/aromatic N) is 1. The zero-order valence-electron chi connectivity index (χ0n) is 9.28. The zero-order valence-corrected chi connectivity index (χ0v) is 9.28. The molecule has 1 aliphatic heterocycles. The predicted molar refractivity (Wildman–Crippen MR) is 61.3 cm³/mol.